The molecule has 1 atom stereocenters. The van der Waals surface area contributed by atoms with Crippen molar-refractivity contribution in [3.63, 3.8) is 0 Å². The molecule has 0 aromatic rings. The summed E-state index contributed by atoms with van der Waals surface area (Å²) in [6.07, 6.45) is 1.19. The summed E-state index contributed by atoms with van der Waals surface area (Å²) in [4.78, 5) is 10.7. The number of hydrogen-bond acceptors (Lipinski definition) is 2. The molecule has 10 heavy (non-hydrogen) atoms. The Morgan fingerprint density at radius 2 is 2.50 bits per heavy atom. The van der Waals surface area contributed by atoms with Crippen molar-refractivity contribution in [1.82, 2.24) is 5.32 Å². The highest BCUT2D eigenvalue weighted by Crippen LogP contribution is 1.87. The molecule has 0 fully saturated rings. The van der Waals surface area contributed by atoms with Crippen molar-refractivity contribution in [1.29, 1.82) is 0 Å². The topological polar surface area (TPSA) is 49.3 Å². The van der Waals surface area contributed by atoms with E-state index in [4.69, 9.17) is 5.11 Å². The quantitative estimate of drug-likeness (QED) is 0.547. The minimum atomic E-state index is -0.565. The van der Waals surface area contributed by atoms with Gasteiger partial charge in [0.25, 0.3) is 0 Å². The molecule has 0 bridgehead atoms. The van der Waals surface area contributed by atoms with E-state index < -0.39 is 6.10 Å². The highest BCUT2D eigenvalue weighted by Gasteiger charge is 2.02. The van der Waals surface area contributed by atoms with Crippen LogP contribution in [0.4, 0.5) is 0 Å². The van der Waals surface area contributed by atoms with Gasteiger partial charge in [0.1, 0.15) is 0 Å². The van der Waals surface area contributed by atoms with Crippen molar-refractivity contribution in [2.24, 2.45) is 0 Å². The van der Waals surface area contributed by atoms with Crippen LogP contribution < -0.4 is 5.32 Å². The van der Waals surface area contributed by atoms with Gasteiger partial charge in [0, 0.05) is 6.54 Å². The maximum absolute atomic E-state index is 10.7. The van der Waals surface area contributed by atoms with Crippen molar-refractivity contribution in [3.8, 4) is 0 Å². The van der Waals surface area contributed by atoms with Crippen LogP contribution in [-0.2, 0) is 4.79 Å². The molecule has 58 valence electrons. The normalized spacial score (nSPS) is 12.2. The Bertz CT molecular complexity index is 121. The summed E-state index contributed by atoms with van der Waals surface area (Å²) in [6, 6.07) is 0. The van der Waals surface area contributed by atoms with E-state index in [-0.39, 0.29) is 12.3 Å². The van der Waals surface area contributed by atoms with Crippen LogP contribution in [0, 0.1) is 0 Å². The molecule has 2 N–H and O–H groups in total. The number of amides is 1. The highest BCUT2D eigenvalue weighted by molar-refractivity contribution is 5.76. The van der Waals surface area contributed by atoms with E-state index in [9.17, 15) is 4.79 Å². The molecular weight excluding hydrogens is 130 g/mol. The fourth-order valence-electron chi connectivity index (χ4n) is 0.526. The predicted octanol–water partition coefficient (Wildman–Crippen LogP) is 0.0595. The second kappa shape index (κ2) is 4.99. The zero-order valence-corrected chi connectivity index (χ0v) is 6.13. The summed E-state index contributed by atoms with van der Waals surface area (Å²) in [5.41, 5.74) is 0. The Labute approximate surface area is 60.7 Å². The number of carbonyl (C=O) groups is 1. The van der Waals surface area contributed by atoms with Gasteiger partial charge in [-0.05, 0) is 6.92 Å². The van der Waals surface area contributed by atoms with Gasteiger partial charge in [-0.2, -0.15) is 0 Å². The lowest BCUT2D eigenvalue weighted by molar-refractivity contribution is -0.122. The number of aliphatic hydroxyl groups excluding tert-OH is 1. The molecule has 0 unspecified atom stereocenters. The van der Waals surface area contributed by atoms with Crippen molar-refractivity contribution in [2.45, 2.75) is 19.4 Å². The first-order valence-corrected chi connectivity index (χ1v) is 3.22. The maximum atomic E-state index is 10.7. The summed E-state index contributed by atoms with van der Waals surface area (Å²) < 4.78 is 0. The van der Waals surface area contributed by atoms with Gasteiger partial charge >= 0.3 is 0 Å². The van der Waals surface area contributed by atoms with Crippen LogP contribution in [0.5, 0.6) is 0 Å². The van der Waals surface area contributed by atoms with Crippen LogP contribution in [0.3, 0.4) is 0 Å². The lowest BCUT2D eigenvalue weighted by atomic mass is 10.3. The molecule has 0 aromatic carbocycles. The van der Waals surface area contributed by atoms with Crippen molar-refractivity contribution < 1.29 is 9.90 Å². The molecule has 0 aliphatic carbocycles. The molecule has 0 heterocycles. The second-order valence-electron chi connectivity index (χ2n) is 2.15. The number of nitrogens with one attached hydrogen (secondary N) is 1. The Kier molecular flexibility index (Phi) is 4.58. The molecule has 0 saturated heterocycles. The monoisotopic (exact) mass is 143 g/mol. The van der Waals surface area contributed by atoms with Crippen LogP contribution in [0.1, 0.15) is 13.3 Å². The zero-order valence-electron chi connectivity index (χ0n) is 6.13. The van der Waals surface area contributed by atoms with Gasteiger partial charge in [0.05, 0.1) is 12.5 Å². The Morgan fingerprint density at radius 3 is 2.90 bits per heavy atom. The number of rotatable bonds is 4. The molecule has 1 amide bonds. The largest absolute Gasteiger partial charge is 0.393 e. The van der Waals surface area contributed by atoms with E-state index in [1.54, 1.807) is 13.0 Å². The van der Waals surface area contributed by atoms with Gasteiger partial charge in [-0.25, -0.2) is 0 Å². The highest BCUT2D eigenvalue weighted by atomic mass is 16.3. The first-order valence-electron chi connectivity index (χ1n) is 3.22. The van der Waals surface area contributed by atoms with E-state index in [2.05, 4.69) is 11.9 Å². The average Bonchev–Trinajstić information content (AvgIpc) is 1.82. The SMILES string of the molecule is C=CCNC(=O)C[C@H](C)O. The van der Waals surface area contributed by atoms with E-state index in [0.29, 0.717) is 6.54 Å². The predicted molar refractivity (Wildman–Crippen MR) is 39.5 cm³/mol. The first-order chi connectivity index (χ1) is 4.66. The molecule has 0 aliphatic heterocycles. The lowest BCUT2D eigenvalue weighted by Crippen LogP contribution is -2.26. The molecule has 0 rings (SSSR count). The van der Waals surface area contributed by atoms with E-state index >= 15 is 0 Å². The fourth-order valence-corrected chi connectivity index (χ4v) is 0.526. The van der Waals surface area contributed by atoms with Gasteiger partial charge in [-0.1, -0.05) is 6.08 Å². The summed E-state index contributed by atoms with van der Waals surface area (Å²) in [5.74, 6) is -0.144. The molecule has 0 radical (unpaired) electrons. The van der Waals surface area contributed by atoms with Crippen molar-refractivity contribution in [3.05, 3.63) is 12.7 Å². The Hall–Kier alpha value is -0.830. The third-order valence-electron chi connectivity index (χ3n) is 0.924. The van der Waals surface area contributed by atoms with Gasteiger partial charge in [-0.3, -0.25) is 4.79 Å². The number of aliphatic hydroxyl groups is 1. The molecule has 0 saturated carbocycles. The third-order valence-corrected chi connectivity index (χ3v) is 0.924. The van der Waals surface area contributed by atoms with E-state index in [1.165, 1.54) is 0 Å². The summed E-state index contributed by atoms with van der Waals surface area (Å²) in [5, 5.41) is 11.3. The van der Waals surface area contributed by atoms with Gasteiger partial charge in [0.15, 0.2) is 0 Å². The fraction of sp³-hybridized carbons (Fsp3) is 0.571. The average molecular weight is 143 g/mol. The Morgan fingerprint density at radius 1 is 1.90 bits per heavy atom. The minimum Gasteiger partial charge on any atom is -0.393 e. The molecule has 3 heteroatoms. The molecule has 0 spiro atoms. The van der Waals surface area contributed by atoms with Gasteiger partial charge in [0.2, 0.25) is 5.91 Å². The molecule has 3 nitrogen and oxygen atoms in total. The standard InChI is InChI=1S/C7H13NO2/c1-3-4-8-7(10)5-6(2)9/h3,6,9H,1,4-5H2,2H3,(H,8,10)/t6-/m0/s1. The summed E-state index contributed by atoms with van der Waals surface area (Å²) >= 11 is 0. The van der Waals surface area contributed by atoms with Crippen LogP contribution >= 0.6 is 0 Å². The first kappa shape index (κ1) is 9.17. The van der Waals surface area contributed by atoms with E-state index in [0.717, 1.165) is 0 Å². The van der Waals surface area contributed by atoms with Crippen molar-refractivity contribution >= 4 is 5.91 Å². The summed E-state index contributed by atoms with van der Waals surface area (Å²) in [7, 11) is 0. The van der Waals surface area contributed by atoms with Crippen LogP contribution in [0.25, 0.3) is 0 Å². The zero-order chi connectivity index (χ0) is 7.98. The Balaban J connectivity index is 3.34. The smallest absolute Gasteiger partial charge is 0.222 e. The van der Waals surface area contributed by atoms with Crippen LogP contribution in [-0.4, -0.2) is 23.7 Å². The van der Waals surface area contributed by atoms with E-state index in [1.807, 2.05) is 0 Å². The molecular formula is C7H13NO2. The van der Waals surface area contributed by atoms with Crippen LogP contribution in [0.2, 0.25) is 0 Å². The van der Waals surface area contributed by atoms with Crippen molar-refractivity contribution in [2.75, 3.05) is 6.54 Å². The summed E-state index contributed by atoms with van der Waals surface area (Å²) in [6.45, 7) is 5.48. The van der Waals surface area contributed by atoms with Crippen LogP contribution in [0.15, 0.2) is 12.7 Å². The number of carbonyl (C=O) groups excluding carboxylic acids is 1. The molecule has 0 aromatic heterocycles. The maximum Gasteiger partial charge on any atom is 0.222 e. The minimum absolute atomic E-state index is 0.144. The van der Waals surface area contributed by atoms with Gasteiger partial charge < -0.3 is 10.4 Å². The second-order valence-corrected chi connectivity index (χ2v) is 2.15. The lowest BCUT2D eigenvalue weighted by Gasteiger charge is -2.02. The number of hydrogen-bond donors (Lipinski definition) is 2. The molecule has 0 aliphatic rings. The van der Waals surface area contributed by atoms with Gasteiger partial charge in [-0.15, -0.1) is 6.58 Å². The third kappa shape index (κ3) is 5.31.